The number of nitro groups is 1. The molecule has 3 aromatic carbocycles. The van der Waals surface area contributed by atoms with Gasteiger partial charge in [0.15, 0.2) is 6.61 Å². The van der Waals surface area contributed by atoms with Crippen molar-refractivity contribution in [3.05, 3.63) is 88.5 Å². The highest BCUT2D eigenvalue weighted by Crippen LogP contribution is 2.29. The number of methoxy groups -OCH3 is 1. The first kappa shape index (κ1) is 21.3. The van der Waals surface area contributed by atoms with Gasteiger partial charge in [0.05, 0.1) is 17.6 Å². The molecule has 0 aromatic heterocycles. The number of rotatable bonds is 8. The summed E-state index contributed by atoms with van der Waals surface area (Å²) in [5, 5.41) is 13.8. The molecule has 0 radical (unpaired) electrons. The molecule has 3 rings (SSSR count). The summed E-state index contributed by atoms with van der Waals surface area (Å²) in [6, 6.07) is 18.8. The number of benzene rings is 3. The molecule has 0 bridgehead atoms. The fraction of sp³-hybridized carbons (Fsp3) is 0.0909. The number of amides is 1. The lowest BCUT2D eigenvalue weighted by molar-refractivity contribution is -0.384. The number of para-hydroxylation sites is 1. The van der Waals surface area contributed by atoms with Gasteiger partial charge in [0.25, 0.3) is 11.6 Å². The first-order valence-corrected chi connectivity index (χ1v) is 9.08. The molecule has 31 heavy (non-hydrogen) atoms. The van der Waals surface area contributed by atoms with Crippen molar-refractivity contribution in [3.63, 3.8) is 0 Å². The van der Waals surface area contributed by atoms with Gasteiger partial charge in [-0.1, -0.05) is 18.2 Å². The number of nitrogens with one attached hydrogen (secondary N) is 1. The van der Waals surface area contributed by atoms with E-state index in [-0.39, 0.29) is 23.6 Å². The number of hydrogen-bond donors (Lipinski definition) is 1. The van der Waals surface area contributed by atoms with Crippen LogP contribution in [0.25, 0.3) is 0 Å². The van der Waals surface area contributed by atoms with E-state index in [1.54, 1.807) is 48.5 Å². The Hall–Kier alpha value is -4.40. The summed E-state index contributed by atoms with van der Waals surface area (Å²) in [6.45, 7) is -0.240. The van der Waals surface area contributed by atoms with Crippen LogP contribution in [0.5, 0.6) is 17.2 Å². The minimum Gasteiger partial charge on any atom is -0.482 e. The van der Waals surface area contributed by atoms with E-state index >= 15 is 0 Å². The molecule has 158 valence electrons. The van der Waals surface area contributed by atoms with Gasteiger partial charge < -0.3 is 19.5 Å². The van der Waals surface area contributed by atoms with Crippen molar-refractivity contribution >= 4 is 23.3 Å². The van der Waals surface area contributed by atoms with Gasteiger partial charge in [0.1, 0.15) is 17.2 Å². The highest BCUT2D eigenvalue weighted by molar-refractivity contribution is 6.06. The molecule has 0 aliphatic carbocycles. The first-order chi connectivity index (χ1) is 15.0. The zero-order valence-corrected chi connectivity index (χ0v) is 16.4. The van der Waals surface area contributed by atoms with Crippen LogP contribution in [0, 0.1) is 10.1 Å². The summed E-state index contributed by atoms with van der Waals surface area (Å²) >= 11 is 0. The molecule has 3 aromatic rings. The van der Waals surface area contributed by atoms with E-state index in [0.29, 0.717) is 17.2 Å². The number of nitro benzene ring substituents is 1. The fourth-order valence-electron chi connectivity index (χ4n) is 2.55. The second-order valence-corrected chi connectivity index (χ2v) is 6.20. The molecule has 9 nitrogen and oxygen atoms in total. The Kier molecular flexibility index (Phi) is 6.79. The molecule has 1 amide bonds. The quantitative estimate of drug-likeness (QED) is 0.329. The van der Waals surface area contributed by atoms with Gasteiger partial charge >= 0.3 is 5.97 Å². The van der Waals surface area contributed by atoms with Crippen LogP contribution in [0.1, 0.15) is 10.4 Å². The molecular weight excluding hydrogens is 404 g/mol. The SMILES string of the molecule is COC(=O)COc1ccc(NC(=O)c2cc([N+](=O)[O-])ccc2Oc2ccccc2)cc1. The summed E-state index contributed by atoms with van der Waals surface area (Å²) in [5.74, 6) is -0.0384. The van der Waals surface area contributed by atoms with Gasteiger partial charge in [-0.25, -0.2) is 4.79 Å². The summed E-state index contributed by atoms with van der Waals surface area (Å²) in [4.78, 5) is 34.5. The minimum absolute atomic E-state index is 0.00377. The number of ether oxygens (including phenoxy) is 3. The van der Waals surface area contributed by atoms with Crippen LogP contribution >= 0.6 is 0 Å². The van der Waals surface area contributed by atoms with Crippen LogP contribution in [0.4, 0.5) is 11.4 Å². The third kappa shape index (κ3) is 5.80. The Bertz CT molecular complexity index is 1080. The van der Waals surface area contributed by atoms with Gasteiger partial charge in [-0.3, -0.25) is 14.9 Å². The Balaban J connectivity index is 1.78. The van der Waals surface area contributed by atoms with E-state index < -0.39 is 16.8 Å². The summed E-state index contributed by atoms with van der Waals surface area (Å²) in [6.07, 6.45) is 0. The number of carbonyl (C=O) groups is 2. The van der Waals surface area contributed by atoms with Gasteiger partial charge in [0, 0.05) is 17.8 Å². The van der Waals surface area contributed by atoms with E-state index in [9.17, 15) is 19.7 Å². The average Bonchev–Trinajstić information content (AvgIpc) is 2.79. The van der Waals surface area contributed by atoms with Crippen LogP contribution < -0.4 is 14.8 Å². The zero-order chi connectivity index (χ0) is 22.2. The lowest BCUT2D eigenvalue weighted by atomic mass is 10.1. The Morgan fingerprint density at radius 2 is 1.68 bits per heavy atom. The molecule has 0 heterocycles. The maximum absolute atomic E-state index is 12.8. The largest absolute Gasteiger partial charge is 0.482 e. The molecule has 1 N–H and O–H groups in total. The number of anilines is 1. The predicted octanol–water partition coefficient (Wildman–Crippen LogP) is 4.19. The van der Waals surface area contributed by atoms with E-state index in [0.717, 1.165) is 6.07 Å². The van der Waals surface area contributed by atoms with Crippen LogP contribution in [-0.4, -0.2) is 30.5 Å². The first-order valence-electron chi connectivity index (χ1n) is 9.08. The standard InChI is InChI=1S/C22H18N2O7/c1-29-21(25)14-30-17-10-7-15(8-11-17)23-22(26)19-13-16(24(27)28)9-12-20(19)31-18-5-3-2-4-6-18/h2-13H,14H2,1H3,(H,23,26). The molecule has 0 fully saturated rings. The van der Waals surface area contributed by atoms with Crippen molar-refractivity contribution in [1.82, 2.24) is 0 Å². The van der Waals surface area contributed by atoms with Crippen molar-refractivity contribution in [1.29, 1.82) is 0 Å². The van der Waals surface area contributed by atoms with Gasteiger partial charge in [-0.05, 0) is 42.5 Å². The van der Waals surface area contributed by atoms with Crippen LogP contribution in [0.2, 0.25) is 0 Å². The number of non-ortho nitro benzene ring substituents is 1. The molecule has 0 atom stereocenters. The summed E-state index contributed by atoms with van der Waals surface area (Å²) in [7, 11) is 1.26. The molecule has 0 spiro atoms. The minimum atomic E-state index is -0.587. The average molecular weight is 422 g/mol. The highest BCUT2D eigenvalue weighted by atomic mass is 16.6. The number of carbonyl (C=O) groups excluding carboxylic acids is 2. The Morgan fingerprint density at radius 3 is 2.32 bits per heavy atom. The lowest BCUT2D eigenvalue weighted by Gasteiger charge is -2.12. The fourth-order valence-corrected chi connectivity index (χ4v) is 2.55. The van der Waals surface area contributed by atoms with Crippen LogP contribution in [-0.2, 0) is 9.53 Å². The molecule has 0 aliphatic rings. The predicted molar refractivity (Wildman–Crippen MR) is 112 cm³/mol. The maximum Gasteiger partial charge on any atom is 0.343 e. The Labute approximate surface area is 177 Å². The second-order valence-electron chi connectivity index (χ2n) is 6.20. The Morgan fingerprint density at radius 1 is 0.968 bits per heavy atom. The van der Waals surface area contributed by atoms with Crippen LogP contribution in [0.15, 0.2) is 72.8 Å². The van der Waals surface area contributed by atoms with Crippen molar-refractivity contribution < 1.29 is 28.7 Å². The van der Waals surface area contributed by atoms with E-state index in [1.165, 1.54) is 19.2 Å². The lowest BCUT2D eigenvalue weighted by Crippen LogP contribution is -2.14. The third-order valence-corrected chi connectivity index (χ3v) is 4.09. The molecule has 9 heteroatoms. The maximum atomic E-state index is 12.8. The topological polar surface area (TPSA) is 117 Å². The van der Waals surface area contributed by atoms with Crippen LogP contribution in [0.3, 0.4) is 0 Å². The summed E-state index contributed by atoms with van der Waals surface area (Å²) < 4.78 is 15.5. The molecule has 0 saturated carbocycles. The molecule has 0 aliphatic heterocycles. The van der Waals surface area contributed by atoms with Crippen molar-refractivity contribution in [3.8, 4) is 17.2 Å². The van der Waals surface area contributed by atoms with Gasteiger partial charge in [-0.2, -0.15) is 0 Å². The molecule has 0 saturated heterocycles. The molecule has 0 unspecified atom stereocenters. The van der Waals surface area contributed by atoms with E-state index in [4.69, 9.17) is 9.47 Å². The highest BCUT2D eigenvalue weighted by Gasteiger charge is 2.19. The zero-order valence-electron chi connectivity index (χ0n) is 16.4. The van der Waals surface area contributed by atoms with Gasteiger partial charge in [0.2, 0.25) is 0 Å². The van der Waals surface area contributed by atoms with Gasteiger partial charge in [-0.15, -0.1) is 0 Å². The normalized spacial score (nSPS) is 10.1. The van der Waals surface area contributed by atoms with Crippen molar-refractivity contribution in [2.75, 3.05) is 19.0 Å². The molecular formula is C22H18N2O7. The number of nitrogens with zero attached hydrogens (tertiary/aromatic N) is 1. The number of esters is 1. The van der Waals surface area contributed by atoms with E-state index in [1.807, 2.05) is 6.07 Å². The third-order valence-electron chi connectivity index (χ3n) is 4.09. The van der Waals surface area contributed by atoms with Crippen molar-refractivity contribution in [2.45, 2.75) is 0 Å². The summed E-state index contributed by atoms with van der Waals surface area (Å²) in [5.41, 5.74) is 0.189. The second kappa shape index (κ2) is 9.88. The van der Waals surface area contributed by atoms with Crippen molar-refractivity contribution in [2.24, 2.45) is 0 Å². The smallest absolute Gasteiger partial charge is 0.343 e. The number of hydrogen-bond acceptors (Lipinski definition) is 7. The monoisotopic (exact) mass is 422 g/mol. The van der Waals surface area contributed by atoms with E-state index in [2.05, 4.69) is 10.1 Å².